The summed E-state index contributed by atoms with van der Waals surface area (Å²) in [5, 5.41) is 27.5. The molecule has 3 aromatic carbocycles. The highest BCUT2D eigenvalue weighted by molar-refractivity contribution is 6.32. The third-order valence-corrected chi connectivity index (χ3v) is 3.52. The van der Waals surface area contributed by atoms with Gasteiger partial charge in [-0.1, -0.05) is 71.2 Å². The van der Waals surface area contributed by atoms with Crippen molar-refractivity contribution in [2.24, 2.45) is 0 Å². The first-order valence-electron chi connectivity index (χ1n) is 6.72. The predicted octanol–water partition coefficient (Wildman–Crippen LogP) is 6.14. The van der Waals surface area contributed by atoms with Crippen LogP contribution in [0.25, 0.3) is 0 Å². The second kappa shape index (κ2) is 10.7. The van der Waals surface area contributed by atoms with Gasteiger partial charge >= 0.3 is 0 Å². The van der Waals surface area contributed by atoms with Gasteiger partial charge in [0.2, 0.25) is 0 Å². The number of rotatable bonds is 0. The Bertz CT molecular complexity index is 597. The Kier molecular flexibility index (Phi) is 8.87. The second-order valence-corrected chi connectivity index (χ2v) is 5.58. The number of halogens is 3. The summed E-state index contributed by atoms with van der Waals surface area (Å²) in [7, 11) is 0. The third kappa shape index (κ3) is 7.47. The monoisotopic (exact) mass is 384 g/mol. The molecule has 0 unspecified atom stereocenters. The Labute approximate surface area is 155 Å². The average molecular weight is 386 g/mol. The van der Waals surface area contributed by atoms with Crippen LogP contribution in [0, 0.1) is 0 Å². The average Bonchev–Trinajstić information content (AvgIpc) is 2.57. The van der Waals surface area contributed by atoms with Crippen LogP contribution >= 0.6 is 34.8 Å². The zero-order valence-corrected chi connectivity index (χ0v) is 14.7. The molecule has 0 spiro atoms. The summed E-state index contributed by atoms with van der Waals surface area (Å²) < 4.78 is 0. The van der Waals surface area contributed by atoms with Crippen molar-refractivity contribution in [1.82, 2.24) is 0 Å². The highest BCUT2D eigenvalue weighted by Crippen LogP contribution is 2.21. The fourth-order valence-corrected chi connectivity index (χ4v) is 1.76. The summed E-state index contributed by atoms with van der Waals surface area (Å²) >= 11 is 16.4. The van der Waals surface area contributed by atoms with Crippen LogP contribution in [0.15, 0.2) is 72.8 Å². The van der Waals surface area contributed by atoms with Crippen LogP contribution in [0.1, 0.15) is 0 Å². The number of phenolic OH excluding ortho intramolecular Hbond substituents is 3. The molecule has 0 saturated carbocycles. The Morgan fingerprint density at radius 1 is 0.417 bits per heavy atom. The summed E-state index contributed by atoms with van der Waals surface area (Å²) in [6.07, 6.45) is 0. The van der Waals surface area contributed by atoms with Crippen LogP contribution in [-0.2, 0) is 0 Å². The van der Waals surface area contributed by atoms with Crippen LogP contribution in [-0.4, -0.2) is 15.3 Å². The molecule has 3 N–H and O–H groups in total. The van der Waals surface area contributed by atoms with E-state index in [9.17, 15) is 0 Å². The predicted molar refractivity (Wildman–Crippen MR) is 99.4 cm³/mol. The van der Waals surface area contributed by atoms with Crippen LogP contribution in [0.2, 0.25) is 15.1 Å². The van der Waals surface area contributed by atoms with Crippen molar-refractivity contribution in [2.45, 2.75) is 0 Å². The fourth-order valence-electron chi connectivity index (χ4n) is 1.36. The maximum absolute atomic E-state index is 8.79. The molecule has 3 aromatic rings. The number of hydrogen-bond acceptors (Lipinski definition) is 3. The Morgan fingerprint density at radius 2 is 0.625 bits per heavy atom. The summed E-state index contributed by atoms with van der Waals surface area (Å²) in [5.74, 6) is 0.400. The molecule has 0 fully saturated rings. The van der Waals surface area contributed by atoms with Gasteiger partial charge < -0.3 is 15.3 Å². The number of hydrogen-bond donors (Lipinski definition) is 3. The third-order valence-electron chi connectivity index (χ3n) is 2.56. The largest absolute Gasteiger partial charge is 0.506 e. The maximum Gasteiger partial charge on any atom is 0.134 e. The summed E-state index contributed by atoms with van der Waals surface area (Å²) in [6, 6.07) is 20.0. The van der Waals surface area contributed by atoms with Crippen molar-refractivity contribution in [3.8, 4) is 17.2 Å². The van der Waals surface area contributed by atoms with E-state index in [1.807, 2.05) is 0 Å². The van der Waals surface area contributed by atoms with Gasteiger partial charge in [-0.2, -0.15) is 0 Å². The lowest BCUT2D eigenvalue weighted by Gasteiger charge is -1.89. The number of para-hydroxylation sites is 3. The summed E-state index contributed by atoms with van der Waals surface area (Å²) in [4.78, 5) is 0. The smallest absolute Gasteiger partial charge is 0.134 e. The van der Waals surface area contributed by atoms with E-state index in [-0.39, 0.29) is 17.2 Å². The van der Waals surface area contributed by atoms with Gasteiger partial charge in [-0.25, -0.2) is 0 Å². The molecule has 3 rings (SSSR count). The molecular formula is C18H15Cl3O3. The molecule has 0 aliphatic heterocycles. The minimum absolute atomic E-state index is 0.133. The molecule has 0 radical (unpaired) electrons. The molecule has 0 amide bonds. The summed E-state index contributed by atoms with van der Waals surface area (Å²) in [6.45, 7) is 0. The minimum atomic E-state index is 0.133. The van der Waals surface area contributed by atoms with E-state index in [4.69, 9.17) is 50.1 Å². The molecule has 3 nitrogen and oxygen atoms in total. The van der Waals surface area contributed by atoms with Gasteiger partial charge in [0.25, 0.3) is 0 Å². The first-order chi connectivity index (χ1) is 11.4. The van der Waals surface area contributed by atoms with Crippen molar-refractivity contribution < 1.29 is 15.3 Å². The number of aromatic hydroxyl groups is 3. The Hall–Kier alpha value is -2.07. The summed E-state index contributed by atoms with van der Waals surface area (Å²) in [5.41, 5.74) is 0. The van der Waals surface area contributed by atoms with Gasteiger partial charge in [0.15, 0.2) is 0 Å². The highest BCUT2D eigenvalue weighted by atomic mass is 35.5. The molecule has 0 atom stereocenters. The molecule has 0 bridgehead atoms. The van der Waals surface area contributed by atoms with E-state index >= 15 is 0 Å². The molecule has 0 heterocycles. The lowest BCUT2D eigenvalue weighted by atomic mass is 10.3. The van der Waals surface area contributed by atoms with Gasteiger partial charge in [-0.3, -0.25) is 0 Å². The lowest BCUT2D eigenvalue weighted by molar-refractivity contribution is 0.475. The van der Waals surface area contributed by atoms with E-state index < -0.39 is 0 Å². The van der Waals surface area contributed by atoms with Crippen LogP contribution in [0.5, 0.6) is 17.2 Å². The molecular weight excluding hydrogens is 371 g/mol. The Morgan fingerprint density at radius 3 is 0.750 bits per heavy atom. The van der Waals surface area contributed by atoms with Gasteiger partial charge in [0, 0.05) is 0 Å². The van der Waals surface area contributed by atoms with Crippen molar-refractivity contribution in [1.29, 1.82) is 0 Å². The van der Waals surface area contributed by atoms with Crippen LogP contribution in [0.3, 0.4) is 0 Å². The van der Waals surface area contributed by atoms with Crippen molar-refractivity contribution in [3.05, 3.63) is 87.9 Å². The fraction of sp³-hybridized carbons (Fsp3) is 0. The standard InChI is InChI=1S/3C6H5ClO/c3*7-5-3-1-2-4-6(5)8/h3*1-4,8H. The highest BCUT2D eigenvalue weighted by Gasteiger charge is 1.91. The first kappa shape index (κ1) is 20.0. The molecule has 0 aromatic heterocycles. The number of benzene rings is 3. The maximum atomic E-state index is 8.79. The van der Waals surface area contributed by atoms with Gasteiger partial charge in [0.05, 0.1) is 15.1 Å². The molecule has 0 saturated heterocycles. The zero-order valence-electron chi connectivity index (χ0n) is 12.4. The Balaban J connectivity index is 0.000000180. The molecule has 6 heteroatoms. The van der Waals surface area contributed by atoms with Gasteiger partial charge in [0.1, 0.15) is 17.2 Å². The van der Waals surface area contributed by atoms with Gasteiger partial charge in [-0.05, 0) is 36.4 Å². The lowest BCUT2D eigenvalue weighted by Crippen LogP contribution is -1.62. The van der Waals surface area contributed by atoms with Crippen LogP contribution < -0.4 is 0 Å². The van der Waals surface area contributed by atoms with E-state index in [0.717, 1.165) is 0 Å². The number of phenols is 3. The topological polar surface area (TPSA) is 60.7 Å². The van der Waals surface area contributed by atoms with E-state index in [1.165, 1.54) is 0 Å². The molecule has 24 heavy (non-hydrogen) atoms. The first-order valence-corrected chi connectivity index (χ1v) is 7.85. The van der Waals surface area contributed by atoms with Crippen molar-refractivity contribution in [2.75, 3.05) is 0 Å². The normalized spacial score (nSPS) is 9.12. The SMILES string of the molecule is Oc1ccccc1Cl.Oc1ccccc1Cl.Oc1ccccc1Cl. The zero-order chi connectivity index (χ0) is 17.9. The van der Waals surface area contributed by atoms with E-state index in [1.54, 1.807) is 72.8 Å². The van der Waals surface area contributed by atoms with E-state index in [0.29, 0.717) is 15.1 Å². The van der Waals surface area contributed by atoms with Crippen molar-refractivity contribution in [3.63, 3.8) is 0 Å². The minimum Gasteiger partial charge on any atom is -0.506 e. The van der Waals surface area contributed by atoms with Crippen LogP contribution in [0.4, 0.5) is 0 Å². The van der Waals surface area contributed by atoms with Crippen molar-refractivity contribution >= 4 is 34.8 Å². The van der Waals surface area contributed by atoms with Gasteiger partial charge in [-0.15, -0.1) is 0 Å². The molecule has 126 valence electrons. The molecule has 0 aliphatic carbocycles. The van der Waals surface area contributed by atoms with E-state index in [2.05, 4.69) is 0 Å². The second-order valence-electron chi connectivity index (χ2n) is 4.35. The quantitative estimate of drug-likeness (QED) is 0.436. The molecule has 0 aliphatic rings.